The molecule has 0 saturated heterocycles. The van der Waals surface area contributed by atoms with Gasteiger partial charge in [0.15, 0.2) is 11.6 Å². The van der Waals surface area contributed by atoms with E-state index >= 15 is 0 Å². The monoisotopic (exact) mass is 524 g/mol. The molecule has 1 aliphatic carbocycles. The minimum absolute atomic E-state index is 0.186. The lowest BCUT2D eigenvalue weighted by Gasteiger charge is -2.18. The summed E-state index contributed by atoms with van der Waals surface area (Å²) in [6.07, 6.45) is 13.1. The van der Waals surface area contributed by atoms with Crippen LogP contribution in [0, 0.1) is 0 Å². The van der Waals surface area contributed by atoms with Gasteiger partial charge in [-0.15, -0.1) is 26.3 Å². The topological polar surface area (TPSA) is 40.6 Å². The molecule has 0 bridgehead atoms. The largest absolute Gasteiger partial charge is 0.296 e. The molecule has 2 aromatic rings. The highest BCUT2D eigenvalue weighted by atomic mass is 16.1. The zero-order valence-corrected chi connectivity index (χ0v) is 23.5. The smallest absolute Gasteiger partial charge is 0.163 e. The van der Waals surface area contributed by atoms with E-state index in [1.54, 1.807) is 0 Å². The molecule has 1 aliphatic rings. The summed E-state index contributed by atoms with van der Waals surface area (Å²) in [5.41, 5.74) is 6.12. The summed E-state index contributed by atoms with van der Waals surface area (Å²) in [7, 11) is 0. The minimum Gasteiger partial charge on any atom is -0.296 e. The highest BCUT2D eigenvalue weighted by molar-refractivity contribution is 6.01. The van der Waals surface area contributed by atoms with Gasteiger partial charge in [-0.2, -0.15) is 0 Å². The molecule has 0 heterocycles. The van der Waals surface area contributed by atoms with Gasteiger partial charge >= 0.3 is 0 Å². The second kappa shape index (κ2) is 15.9. The van der Waals surface area contributed by atoms with Gasteiger partial charge in [0.05, 0.1) is 0 Å². The quantitative estimate of drug-likeness (QED) is 0.0883. The van der Waals surface area contributed by atoms with Crippen LogP contribution < -0.4 is 0 Å². The van der Waals surface area contributed by atoms with Crippen LogP contribution in [0.5, 0.6) is 0 Å². The van der Waals surface area contributed by atoms with Crippen LogP contribution in [0.3, 0.4) is 0 Å². The summed E-state index contributed by atoms with van der Waals surface area (Å²) >= 11 is 0. The van der Waals surface area contributed by atoms with Gasteiger partial charge in [0.25, 0.3) is 0 Å². The van der Waals surface area contributed by atoms with Crippen molar-refractivity contribution in [1.82, 2.24) is 9.80 Å². The Kier molecular flexibility index (Phi) is 12.3. The molecular formula is C35H44N2O2. The number of benzene rings is 2. The number of carbonyl (C=O) groups is 2. The molecule has 3 rings (SSSR count). The summed E-state index contributed by atoms with van der Waals surface area (Å²) in [5, 5.41) is 0. The third-order valence-electron chi connectivity index (χ3n) is 7.37. The number of hydrogen-bond acceptors (Lipinski definition) is 4. The fourth-order valence-electron chi connectivity index (χ4n) is 5.42. The maximum atomic E-state index is 13.2. The number of rotatable bonds is 20. The second-order valence-electron chi connectivity index (χ2n) is 10.3. The fraction of sp³-hybridized carbons (Fsp3) is 0.371. The molecule has 4 heteroatoms. The molecule has 0 fully saturated rings. The van der Waals surface area contributed by atoms with Crippen LogP contribution >= 0.6 is 0 Å². The average Bonchev–Trinajstić information content (AvgIpc) is 3.31. The van der Waals surface area contributed by atoms with Crippen molar-refractivity contribution in [3.8, 4) is 11.1 Å². The number of hydrogen-bond donors (Lipinski definition) is 0. The normalized spacial score (nSPS) is 11.7. The van der Waals surface area contributed by atoms with Crippen LogP contribution in [0.1, 0.15) is 70.4 Å². The van der Waals surface area contributed by atoms with Gasteiger partial charge in [0, 0.05) is 50.1 Å². The molecular weight excluding hydrogens is 480 g/mol. The van der Waals surface area contributed by atoms with Crippen molar-refractivity contribution in [3.05, 3.63) is 109 Å². The number of Topliss-reactive ketones (excluding diaryl/α,β-unsaturated/α-hetero) is 2. The van der Waals surface area contributed by atoms with Gasteiger partial charge in [-0.25, -0.2) is 0 Å². The standard InChI is InChI=1S/C35H44N2O2/c1-5-20-36(21-6-2)24-11-9-16-34(38)28-18-19-30-29(26-28)27-33-31(30)14-13-15-32(33)35(39)17-10-12-25-37(22-7-3)23-8-4/h5-8,13-15,18-19,26H,1-4,9-12,16-17,20-25,27H2. The summed E-state index contributed by atoms with van der Waals surface area (Å²) in [6.45, 7) is 20.5. The number of carbonyl (C=O) groups excluding carboxylic acids is 2. The Bertz CT molecular complexity index is 1160. The summed E-state index contributed by atoms with van der Waals surface area (Å²) < 4.78 is 0. The first-order valence-electron chi connectivity index (χ1n) is 14.2. The molecule has 0 aliphatic heterocycles. The molecule has 0 unspecified atom stereocenters. The first kappa shape index (κ1) is 30.2. The third kappa shape index (κ3) is 8.58. The second-order valence-corrected chi connectivity index (χ2v) is 10.3. The van der Waals surface area contributed by atoms with Gasteiger partial charge in [-0.05, 0) is 73.5 Å². The molecule has 0 N–H and O–H groups in total. The van der Waals surface area contributed by atoms with E-state index in [0.29, 0.717) is 19.3 Å². The Labute approximate surface area is 235 Å². The van der Waals surface area contributed by atoms with E-state index in [1.807, 2.05) is 48.6 Å². The fourth-order valence-corrected chi connectivity index (χ4v) is 5.42. The van der Waals surface area contributed by atoms with Crippen LogP contribution in [0.4, 0.5) is 0 Å². The number of fused-ring (bicyclic) bond motifs is 3. The predicted octanol–water partition coefficient (Wildman–Crippen LogP) is 7.31. The van der Waals surface area contributed by atoms with Crippen LogP contribution in [0.25, 0.3) is 11.1 Å². The number of unbranched alkanes of at least 4 members (excludes halogenated alkanes) is 2. The van der Waals surface area contributed by atoms with E-state index in [0.717, 1.165) is 98.3 Å². The maximum Gasteiger partial charge on any atom is 0.163 e. The summed E-state index contributed by atoms with van der Waals surface area (Å²) in [5.74, 6) is 0.392. The number of nitrogens with zero attached hydrogens (tertiary/aromatic N) is 2. The Balaban J connectivity index is 1.56. The van der Waals surface area contributed by atoms with Crippen molar-refractivity contribution in [2.24, 2.45) is 0 Å². The van der Waals surface area contributed by atoms with Crippen molar-refractivity contribution in [3.63, 3.8) is 0 Å². The SMILES string of the molecule is C=CCN(CC=C)CCCCC(=O)c1ccc2c(c1)Cc1c(C(=O)CCCCN(CC=C)CC=C)cccc1-2. The summed E-state index contributed by atoms with van der Waals surface area (Å²) in [4.78, 5) is 30.7. The van der Waals surface area contributed by atoms with E-state index < -0.39 is 0 Å². The third-order valence-corrected chi connectivity index (χ3v) is 7.37. The van der Waals surface area contributed by atoms with E-state index in [-0.39, 0.29) is 11.6 Å². The van der Waals surface area contributed by atoms with E-state index in [4.69, 9.17) is 0 Å². The van der Waals surface area contributed by atoms with Crippen molar-refractivity contribution in [2.75, 3.05) is 39.3 Å². The molecule has 0 amide bonds. The van der Waals surface area contributed by atoms with Crippen LogP contribution in [0.2, 0.25) is 0 Å². The minimum atomic E-state index is 0.186. The lowest BCUT2D eigenvalue weighted by Crippen LogP contribution is -2.25. The highest BCUT2D eigenvalue weighted by Crippen LogP contribution is 2.39. The highest BCUT2D eigenvalue weighted by Gasteiger charge is 2.24. The molecule has 0 aromatic heterocycles. The predicted molar refractivity (Wildman–Crippen MR) is 165 cm³/mol. The Morgan fingerprint density at radius 2 is 1.26 bits per heavy atom. The molecule has 0 radical (unpaired) electrons. The van der Waals surface area contributed by atoms with Gasteiger partial charge in [0.2, 0.25) is 0 Å². The van der Waals surface area contributed by atoms with Gasteiger partial charge in [-0.3, -0.25) is 19.4 Å². The summed E-state index contributed by atoms with van der Waals surface area (Å²) in [6, 6.07) is 12.1. The maximum absolute atomic E-state index is 13.2. The van der Waals surface area contributed by atoms with E-state index in [1.165, 1.54) is 0 Å². The van der Waals surface area contributed by atoms with Gasteiger partial charge < -0.3 is 0 Å². The molecule has 0 saturated carbocycles. The number of ketones is 2. The average molecular weight is 525 g/mol. The van der Waals surface area contributed by atoms with Crippen molar-refractivity contribution < 1.29 is 9.59 Å². The zero-order chi connectivity index (χ0) is 28.0. The zero-order valence-electron chi connectivity index (χ0n) is 23.5. The van der Waals surface area contributed by atoms with Crippen molar-refractivity contribution in [1.29, 1.82) is 0 Å². The van der Waals surface area contributed by atoms with Crippen molar-refractivity contribution >= 4 is 11.6 Å². The van der Waals surface area contributed by atoms with Gasteiger partial charge in [-0.1, -0.05) is 54.6 Å². The van der Waals surface area contributed by atoms with Gasteiger partial charge in [0.1, 0.15) is 0 Å². The van der Waals surface area contributed by atoms with Crippen LogP contribution in [-0.4, -0.2) is 60.6 Å². The lowest BCUT2D eigenvalue weighted by molar-refractivity contribution is 0.0969. The van der Waals surface area contributed by atoms with E-state index in [2.05, 4.69) is 48.2 Å². The van der Waals surface area contributed by atoms with Crippen LogP contribution in [0.15, 0.2) is 87.0 Å². The van der Waals surface area contributed by atoms with E-state index in [9.17, 15) is 9.59 Å². The first-order valence-corrected chi connectivity index (χ1v) is 14.2. The lowest BCUT2D eigenvalue weighted by atomic mass is 9.96. The molecule has 4 nitrogen and oxygen atoms in total. The Morgan fingerprint density at radius 1 is 0.692 bits per heavy atom. The van der Waals surface area contributed by atoms with Crippen LogP contribution in [-0.2, 0) is 6.42 Å². The molecule has 39 heavy (non-hydrogen) atoms. The molecule has 206 valence electrons. The van der Waals surface area contributed by atoms with Crippen molar-refractivity contribution in [2.45, 2.75) is 44.9 Å². The Morgan fingerprint density at radius 3 is 1.82 bits per heavy atom. The molecule has 0 atom stereocenters. The first-order chi connectivity index (χ1) is 19.0. The molecule has 0 spiro atoms. The Hall–Kier alpha value is -3.34. The molecule has 2 aromatic carbocycles.